The quantitative estimate of drug-likeness (QED) is 0.863. The third-order valence-corrected chi connectivity index (χ3v) is 3.75. The molecule has 104 valence electrons. The van der Waals surface area contributed by atoms with Crippen LogP contribution in [-0.2, 0) is 31.2 Å². The molecule has 1 aliphatic heterocycles. The molecule has 0 saturated carbocycles. The molecule has 1 aromatic carbocycles. The van der Waals surface area contributed by atoms with Gasteiger partial charge in [0.1, 0.15) is 0 Å². The first-order valence-corrected chi connectivity index (χ1v) is 6.79. The number of benzene rings is 1. The van der Waals surface area contributed by atoms with Crippen molar-refractivity contribution in [2.45, 2.75) is 26.3 Å². The van der Waals surface area contributed by atoms with Gasteiger partial charge >= 0.3 is 0 Å². The number of anilines is 2. The van der Waals surface area contributed by atoms with E-state index in [0.717, 1.165) is 29.1 Å². The highest BCUT2D eigenvalue weighted by Gasteiger charge is 2.28. The minimum absolute atomic E-state index is 0.116. The zero-order valence-corrected chi connectivity index (χ0v) is 11.8. The van der Waals surface area contributed by atoms with E-state index in [9.17, 15) is 4.79 Å². The van der Waals surface area contributed by atoms with Gasteiger partial charge in [-0.1, -0.05) is 6.92 Å². The van der Waals surface area contributed by atoms with Crippen molar-refractivity contribution in [1.82, 2.24) is 9.78 Å². The number of hydrogen-bond acceptors (Lipinski definition) is 3. The summed E-state index contributed by atoms with van der Waals surface area (Å²) in [7, 11) is 1.92. The zero-order valence-electron chi connectivity index (χ0n) is 11.8. The molecule has 1 aromatic heterocycles. The molecule has 0 spiro atoms. The molecule has 0 radical (unpaired) electrons. The van der Waals surface area contributed by atoms with Crippen LogP contribution in [0.15, 0.2) is 24.3 Å². The summed E-state index contributed by atoms with van der Waals surface area (Å²) in [4.78, 5) is 14.0. The summed E-state index contributed by atoms with van der Waals surface area (Å²) >= 11 is 0. The number of nitrogen functional groups attached to an aromatic ring is 1. The largest absolute Gasteiger partial charge is 0.399 e. The molecule has 0 atom stereocenters. The molecule has 0 bridgehead atoms. The minimum Gasteiger partial charge on any atom is -0.399 e. The Morgan fingerprint density at radius 3 is 2.85 bits per heavy atom. The van der Waals surface area contributed by atoms with Gasteiger partial charge in [-0.3, -0.25) is 9.48 Å². The van der Waals surface area contributed by atoms with Gasteiger partial charge in [0, 0.05) is 18.4 Å². The maximum atomic E-state index is 12.2. The van der Waals surface area contributed by atoms with Crippen LogP contribution in [-0.4, -0.2) is 15.7 Å². The summed E-state index contributed by atoms with van der Waals surface area (Å²) in [5.41, 5.74) is 10.5. The lowest BCUT2D eigenvalue weighted by atomic mass is 10.1. The van der Waals surface area contributed by atoms with Crippen LogP contribution in [0.1, 0.15) is 23.9 Å². The Morgan fingerprint density at radius 2 is 2.15 bits per heavy atom. The number of nitrogens with zero attached hydrogens (tertiary/aromatic N) is 3. The van der Waals surface area contributed by atoms with E-state index in [2.05, 4.69) is 18.1 Å². The number of rotatable bonds is 3. The molecule has 1 aliphatic rings. The lowest BCUT2D eigenvalue weighted by Crippen LogP contribution is -2.27. The molecule has 5 heteroatoms. The normalized spacial score (nSPS) is 13.9. The highest BCUT2D eigenvalue weighted by molar-refractivity contribution is 6.01. The molecule has 3 rings (SSSR count). The molecule has 0 fully saturated rings. The number of amides is 1. The highest BCUT2D eigenvalue weighted by atomic mass is 16.2. The van der Waals surface area contributed by atoms with Crippen LogP contribution in [0.3, 0.4) is 0 Å². The van der Waals surface area contributed by atoms with Crippen molar-refractivity contribution in [2.24, 2.45) is 7.05 Å². The maximum Gasteiger partial charge on any atom is 0.231 e. The lowest BCUT2D eigenvalue weighted by molar-refractivity contribution is -0.117. The van der Waals surface area contributed by atoms with Crippen molar-refractivity contribution in [3.05, 3.63) is 41.2 Å². The summed E-state index contributed by atoms with van der Waals surface area (Å²) in [5.74, 6) is 0.116. The second-order valence-corrected chi connectivity index (χ2v) is 5.15. The van der Waals surface area contributed by atoms with Crippen LogP contribution in [0, 0.1) is 0 Å². The lowest BCUT2D eigenvalue weighted by Gasteiger charge is -2.17. The zero-order chi connectivity index (χ0) is 14.3. The molecule has 0 saturated heterocycles. The molecule has 0 aliphatic carbocycles. The van der Waals surface area contributed by atoms with Crippen LogP contribution < -0.4 is 10.6 Å². The van der Waals surface area contributed by atoms with Gasteiger partial charge < -0.3 is 10.6 Å². The van der Waals surface area contributed by atoms with E-state index in [1.807, 2.05) is 34.8 Å². The number of carbonyl (C=O) groups excluding carboxylic acids is 1. The predicted molar refractivity (Wildman–Crippen MR) is 78.3 cm³/mol. The third-order valence-electron chi connectivity index (χ3n) is 3.75. The average Bonchev–Trinajstić information content (AvgIpc) is 2.91. The topological polar surface area (TPSA) is 64.2 Å². The van der Waals surface area contributed by atoms with E-state index in [-0.39, 0.29) is 5.91 Å². The van der Waals surface area contributed by atoms with E-state index in [1.165, 1.54) is 0 Å². The van der Waals surface area contributed by atoms with Crippen LogP contribution in [0.5, 0.6) is 0 Å². The molecule has 1 amide bonds. The molecule has 2 heterocycles. The molecule has 2 N–H and O–H groups in total. The van der Waals surface area contributed by atoms with Gasteiger partial charge in [-0.25, -0.2) is 0 Å². The number of hydrogen-bond donors (Lipinski definition) is 1. The van der Waals surface area contributed by atoms with Crippen LogP contribution >= 0.6 is 0 Å². The Bertz CT molecular complexity index is 675. The van der Waals surface area contributed by atoms with Gasteiger partial charge in [0.2, 0.25) is 5.91 Å². The minimum atomic E-state index is 0.116. The fourth-order valence-electron chi connectivity index (χ4n) is 2.63. The van der Waals surface area contributed by atoms with Gasteiger partial charge in [-0.2, -0.15) is 5.10 Å². The second-order valence-electron chi connectivity index (χ2n) is 5.15. The van der Waals surface area contributed by atoms with Gasteiger partial charge in [0.15, 0.2) is 0 Å². The first-order valence-electron chi connectivity index (χ1n) is 6.79. The Labute approximate surface area is 118 Å². The standard InChI is InChI=1S/C15H18N4O/c1-3-12-8-13(18(2)17-12)9-19-14-5-4-11(16)6-10(14)7-15(19)20/h4-6,8H,3,7,9,16H2,1-2H3. The number of fused-ring (bicyclic) bond motifs is 1. The molecular weight excluding hydrogens is 252 g/mol. The first kappa shape index (κ1) is 12.7. The Hall–Kier alpha value is -2.30. The van der Waals surface area contributed by atoms with Gasteiger partial charge in [-0.15, -0.1) is 0 Å². The number of aryl methyl sites for hydroxylation is 2. The maximum absolute atomic E-state index is 12.2. The Kier molecular flexibility index (Phi) is 2.97. The summed E-state index contributed by atoms with van der Waals surface area (Å²) in [6, 6.07) is 7.70. The monoisotopic (exact) mass is 270 g/mol. The molecular formula is C15H18N4O. The summed E-state index contributed by atoms with van der Waals surface area (Å²) < 4.78 is 1.85. The Morgan fingerprint density at radius 1 is 1.35 bits per heavy atom. The van der Waals surface area contributed by atoms with Gasteiger partial charge in [0.05, 0.1) is 24.4 Å². The number of aromatic nitrogens is 2. The van der Waals surface area contributed by atoms with Crippen molar-refractivity contribution in [2.75, 3.05) is 10.6 Å². The summed E-state index contributed by atoms with van der Waals surface area (Å²) in [6.07, 6.45) is 1.33. The SMILES string of the molecule is CCc1cc(CN2C(=O)Cc3cc(N)ccc32)n(C)n1. The molecule has 5 nitrogen and oxygen atoms in total. The van der Waals surface area contributed by atoms with Crippen molar-refractivity contribution < 1.29 is 4.79 Å². The molecule has 0 unspecified atom stereocenters. The van der Waals surface area contributed by atoms with Gasteiger partial charge in [-0.05, 0) is 36.2 Å². The third kappa shape index (κ3) is 2.05. The predicted octanol–water partition coefficient (Wildman–Crippen LogP) is 1.65. The molecule has 2 aromatic rings. The Balaban J connectivity index is 1.91. The summed E-state index contributed by atoms with van der Waals surface area (Å²) in [5, 5.41) is 4.43. The fraction of sp³-hybridized carbons (Fsp3) is 0.333. The first-order chi connectivity index (χ1) is 9.58. The van der Waals surface area contributed by atoms with Gasteiger partial charge in [0.25, 0.3) is 0 Å². The van der Waals surface area contributed by atoms with Crippen LogP contribution in [0.4, 0.5) is 11.4 Å². The number of carbonyl (C=O) groups is 1. The van der Waals surface area contributed by atoms with E-state index in [0.29, 0.717) is 18.7 Å². The fourth-order valence-corrected chi connectivity index (χ4v) is 2.63. The number of nitrogens with two attached hydrogens (primary N) is 1. The van der Waals surface area contributed by atoms with Crippen molar-refractivity contribution in [3.63, 3.8) is 0 Å². The average molecular weight is 270 g/mol. The molecule has 20 heavy (non-hydrogen) atoms. The van der Waals surface area contributed by atoms with Crippen molar-refractivity contribution >= 4 is 17.3 Å². The van der Waals surface area contributed by atoms with E-state index in [4.69, 9.17) is 5.73 Å². The summed E-state index contributed by atoms with van der Waals surface area (Å²) in [6.45, 7) is 2.63. The van der Waals surface area contributed by atoms with E-state index < -0.39 is 0 Å². The second kappa shape index (κ2) is 4.67. The van der Waals surface area contributed by atoms with Crippen molar-refractivity contribution in [3.8, 4) is 0 Å². The van der Waals surface area contributed by atoms with Crippen LogP contribution in [0.2, 0.25) is 0 Å². The van der Waals surface area contributed by atoms with E-state index >= 15 is 0 Å². The van der Waals surface area contributed by atoms with Crippen molar-refractivity contribution in [1.29, 1.82) is 0 Å². The smallest absolute Gasteiger partial charge is 0.231 e. The highest BCUT2D eigenvalue weighted by Crippen LogP contribution is 2.31. The van der Waals surface area contributed by atoms with Crippen LogP contribution in [0.25, 0.3) is 0 Å². The van der Waals surface area contributed by atoms with E-state index in [1.54, 1.807) is 0 Å².